The van der Waals surface area contributed by atoms with E-state index >= 15 is 0 Å². The third-order valence-electron chi connectivity index (χ3n) is 3.15. The van der Waals surface area contributed by atoms with Crippen LogP contribution in [-0.2, 0) is 11.2 Å². The van der Waals surface area contributed by atoms with Crippen LogP contribution in [0.4, 0.5) is 4.39 Å². The molecular formula is C16H14ClFN2O2. The van der Waals surface area contributed by atoms with E-state index in [0.717, 1.165) is 0 Å². The van der Waals surface area contributed by atoms with E-state index in [0.29, 0.717) is 10.6 Å². The largest absolute Gasteiger partial charge is 0.368 e. The molecule has 0 aliphatic carbocycles. The molecular weight excluding hydrogens is 307 g/mol. The second-order valence-corrected chi connectivity index (χ2v) is 5.11. The number of benzene rings is 2. The highest BCUT2D eigenvalue weighted by Crippen LogP contribution is 2.17. The van der Waals surface area contributed by atoms with Crippen LogP contribution in [0.15, 0.2) is 48.5 Å². The first-order chi connectivity index (χ1) is 10.5. The molecule has 0 spiro atoms. The second kappa shape index (κ2) is 7.04. The Hall–Kier alpha value is -2.40. The van der Waals surface area contributed by atoms with Crippen molar-refractivity contribution < 1.29 is 14.0 Å². The SMILES string of the molecule is NC(=O)[C@H](Cc1ccccc1Cl)NC(=O)c1ccccc1F. The molecule has 0 radical (unpaired) electrons. The molecule has 1 atom stereocenters. The molecule has 0 saturated carbocycles. The molecule has 0 bridgehead atoms. The summed E-state index contributed by atoms with van der Waals surface area (Å²) in [5.41, 5.74) is 5.83. The molecule has 2 rings (SSSR count). The zero-order valence-corrected chi connectivity index (χ0v) is 12.3. The average molecular weight is 321 g/mol. The predicted octanol–water partition coefficient (Wildman–Crippen LogP) is 2.31. The second-order valence-electron chi connectivity index (χ2n) is 4.70. The summed E-state index contributed by atoms with van der Waals surface area (Å²) in [5, 5.41) is 2.90. The maximum absolute atomic E-state index is 13.6. The third-order valence-corrected chi connectivity index (χ3v) is 3.52. The molecule has 0 aliphatic heterocycles. The molecule has 0 unspecified atom stereocenters. The van der Waals surface area contributed by atoms with Gasteiger partial charge in [-0.1, -0.05) is 41.9 Å². The van der Waals surface area contributed by atoms with Crippen LogP contribution in [0.1, 0.15) is 15.9 Å². The Kier molecular flexibility index (Phi) is 5.12. The van der Waals surface area contributed by atoms with Crippen molar-refractivity contribution in [1.82, 2.24) is 5.32 Å². The number of primary amides is 1. The lowest BCUT2D eigenvalue weighted by Gasteiger charge is -2.16. The van der Waals surface area contributed by atoms with Crippen LogP contribution >= 0.6 is 11.6 Å². The number of rotatable bonds is 5. The van der Waals surface area contributed by atoms with Crippen LogP contribution in [0.5, 0.6) is 0 Å². The topological polar surface area (TPSA) is 72.2 Å². The van der Waals surface area contributed by atoms with E-state index in [4.69, 9.17) is 17.3 Å². The van der Waals surface area contributed by atoms with E-state index in [1.54, 1.807) is 24.3 Å². The van der Waals surface area contributed by atoms with E-state index in [2.05, 4.69) is 5.32 Å². The van der Waals surface area contributed by atoms with E-state index in [1.165, 1.54) is 24.3 Å². The lowest BCUT2D eigenvalue weighted by Crippen LogP contribution is -2.46. The normalized spacial score (nSPS) is 11.7. The van der Waals surface area contributed by atoms with Gasteiger partial charge in [0.05, 0.1) is 5.56 Å². The van der Waals surface area contributed by atoms with E-state index in [9.17, 15) is 14.0 Å². The molecule has 3 N–H and O–H groups in total. The minimum atomic E-state index is -0.980. The van der Waals surface area contributed by atoms with Gasteiger partial charge in [0.25, 0.3) is 5.91 Å². The molecule has 22 heavy (non-hydrogen) atoms. The summed E-state index contributed by atoms with van der Waals surface area (Å²) in [4.78, 5) is 23.6. The van der Waals surface area contributed by atoms with Gasteiger partial charge in [-0.2, -0.15) is 0 Å². The molecule has 2 amide bonds. The average Bonchev–Trinajstić information content (AvgIpc) is 2.49. The third kappa shape index (κ3) is 3.83. The van der Waals surface area contributed by atoms with Crippen LogP contribution in [0.25, 0.3) is 0 Å². The fraction of sp³-hybridized carbons (Fsp3) is 0.125. The van der Waals surface area contributed by atoms with Crippen molar-refractivity contribution in [2.45, 2.75) is 12.5 Å². The molecule has 114 valence electrons. The van der Waals surface area contributed by atoms with Gasteiger partial charge in [0.1, 0.15) is 11.9 Å². The molecule has 2 aromatic carbocycles. The first-order valence-corrected chi connectivity index (χ1v) is 6.95. The maximum Gasteiger partial charge on any atom is 0.254 e. The quantitative estimate of drug-likeness (QED) is 0.887. The smallest absolute Gasteiger partial charge is 0.254 e. The van der Waals surface area contributed by atoms with Crippen LogP contribution in [-0.4, -0.2) is 17.9 Å². The van der Waals surface area contributed by atoms with E-state index < -0.39 is 23.7 Å². The highest BCUT2D eigenvalue weighted by molar-refractivity contribution is 6.31. The summed E-state index contributed by atoms with van der Waals surface area (Å²) in [6, 6.07) is 11.4. The highest BCUT2D eigenvalue weighted by atomic mass is 35.5. The van der Waals surface area contributed by atoms with Crippen molar-refractivity contribution in [2.75, 3.05) is 0 Å². The number of halogens is 2. The van der Waals surface area contributed by atoms with Gasteiger partial charge in [0, 0.05) is 11.4 Å². The summed E-state index contributed by atoms with van der Waals surface area (Å²) in [6.45, 7) is 0. The molecule has 0 fully saturated rings. The van der Waals surface area contributed by atoms with Gasteiger partial charge in [-0.05, 0) is 23.8 Å². The van der Waals surface area contributed by atoms with Crippen molar-refractivity contribution in [1.29, 1.82) is 0 Å². The molecule has 0 aromatic heterocycles. The van der Waals surface area contributed by atoms with Crippen molar-refractivity contribution in [3.63, 3.8) is 0 Å². The van der Waals surface area contributed by atoms with Crippen molar-refractivity contribution >= 4 is 23.4 Å². The predicted molar refractivity (Wildman–Crippen MR) is 82.0 cm³/mol. The minimum absolute atomic E-state index is 0.134. The van der Waals surface area contributed by atoms with Crippen molar-refractivity contribution in [3.8, 4) is 0 Å². The summed E-state index contributed by atoms with van der Waals surface area (Å²) < 4.78 is 13.6. The summed E-state index contributed by atoms with van der Waals surface area (Å²) in [5.74, 6) is -2.08. The van der Waals surface area contributed by atoms with Crippen LogP contribution in [0.2, 0.25) is 5.02 Å². The Labute approximate surface area is 132 Å². The molecule has 2 aromatic rings. The van der Waals surface area contributed by atoms with Gasteiger partial charge in [-0.3, -0.25) is 9.59 Å². The lowest BCUT2D eigenvalue weighted by molar-refractivity contribution is -0.119. The summed E-state index contributed by atoms with van der Waals surface area (Å²) in [7, 11) is 0. The molecule has 0 heterocycles. The van der Waals surface area contributed by atoms with Gasteiger partial charge in [0.15, 0.2) is 0 Å². The van der Waals surface area contributed by atoms with Gasteiger partial charge in [-0.25, -0.2) is 4.39 Å². The monoisotopic (exact) mass is 320 g/mol. The zero-order chi connectivity index (χ0) is 16.1. The lowest BCUT2D eigenvalue weighted by atomic mass is 10.0. The van der Waals surface area contributed by atoms with Crippen LogP contribution < -0.4 is 11.1 Å². The van der Waals surface area contributed by atoms with Crippen molar-refractivity contribution in [3.05, 3.63) is 70.5 Å². The number of hydrogen-bond donors (Lipinski definition) is 2. The fourth-order valence-electron chi connectivity index (χ4n) is 1.99. The number of hydrogen-bond acceptors (Lipinski definition) is 2. The Morgan fingerprint density at radius 1 is 1.14 bits per heavy atom. The van der Waals surface area contributed by atoms with Gasteiger partial charge in [0.2, 0.25) is 5.91 Å². The Morgan fingerprint density at radius 2 is 1.77 bits per heavy atom. The van der Waals surface area contributed by atoms with Crippen LogP contribution in [0, 0.1) is 5.82 Å². The summed E-state index contributed by atoms with van der Waals surface area (Å²) in [6.07, 6.45) is 0.134. The van der Waals surface area contributed by atoms with Crippen LogP contribution in [0.3, 0.4) is 0 Å². The van der Waals surface area contributed by atoms with Gasteiger partial charge >= 0.3 is 0 Å². The van der Waals surface area contributed by atoms with Gasteiger partial charge < -0.3 is 11.1 Å². The Balaban J connectivity index is 2.16. The number of nitrogens with one attached hydrogen (secondary N) is 1. The van der Waals surface area contributed by atoms with Crippen molar-refractivity contribution in [2.24, 2.45) is 5.73 Å². The molecule has 4 nitrogen and oxygen atoms in total. The number of amides is 2. The Morgan fingerprint density at radius 3 is 2.41 bits per heavy atom. The minimum Gasteiger partial charge on any atom is -0.368 e. The standard InChI is InChI=1S/C16H14ClFN2O2/c17-12-7-3-1-5-10(12)9-14(15(19)21)20-16(22)11-6-2-4-8-13(11)18/h1-8,14H,9H2,(H2,19,21)(H,20,22)/t14-/m0/s1. The molecule has 6 heteroatoms. The molecule has 0 saturated heterocycles. The first kappa shape index (κ1) is 16.0. The number of carbonyl (C=O) groups excluding carboxylic acids is 2. The molecule has 0 aliphatic rings. The van der Waals surface area contributed by atoms with E-state index in [-0.39, 0.29) is 12.0 Å². The first-order valence-electron chi connectivity index (χ1n) is 6.57. The fourth-order valence-corrected chi connectivity index (χ4v) is 2.20. The Bertz CT molecular complexity index is 706. The zero-order valence-electron chi connectivity index (χ0n) is 11.6. The summed E-state index contributed by atoms with van der Waals surface area (Å²) >= 11 is 6.03. The number of carbonyl (C=O) groups is 2. The number of nitrogens with two attached hydrogens (primary N) is 1. The van der Waals surface area contributed by atoms with E-state index in [1.807, 2.05) is 0 Å². The van der Waals surface area contributed by atoms with Gasteiger partial charge in [-0.15, -0.1) is 0 Å². The highest BCUT2D eigenvalue weighted by Gasteiger charge is 2.21. The maximum atomic E-state index is 13.6.